The van der Waals surface area contributed by atoms with Crippen molar-refractivity contribution in [1.29, 1.82) is 0 Å². The van der Waals surface area contributed by atoms with Crippen molar-refractivity contribution < 1.29 is 4.92 Å². The number of nitro benzene ring substituents is 1. The number of nitrogens with zero attached hydrogens (tertiary/aromatic N) is 1. The second-order valence-electron chi connectivity index (χ2n) is 2.83. The number of aryl methyl sites for hydroxylation is 1. The Hall–Kier alpha value is -1.10. The first-order valence-corrected chi connectivity index (χ1v) is 4.44. The third-order valence-corrected chi connectivity index (χ3v) is 3.08. The standard InChI is InChI=1S/C8H9BrN2O2/c1-4-3-6(10)8(11(12)13)5(2)7(4)9/h3H,10H2,1-2H3. The van der Waals surface area contributed by atoms with E-state index in [-0.39, 0.29) is 11.4 Å². The Morgan fingerprint density at radius 3 is 2.54 bits per heavy atom. The predicted molar refractivity (Wildman–Crippen MR) is 54.7 cm³/mol. The van der Waals surface area contributed by atoms with Gasteiger partial charge in [-0.1, -0.05) is 0 Å². The first-order chi connectivity index (χ1) is 5.95. The first kappa shape index (κ1) is 9.98. The van der Waals surface area contributed by atoms with Crippen LogP contribution in [-0.4, -0.2) is 4.92 Å². The Bertz CT molecular complexity index is 377. The van der Waals surface area contributed by atoms with Gasteiger partial charge in [0.1, 0.15) is 5.69 Å². The lowest BCUT2D eigenvalue weighted by Gasteiger charge is -2.05. The maximum Gasteiger partial charge on any atom is 0.296 e. The maximum absolute atomic E-state index is 10.6. The van der Waals surface area contributed by atoms with Crippen molar-refractivity contribution in [3.63, 3.8) is 0 Å². The highest BCUT2D eigenvalue weighted by Crippen LogP contribution is 2.33. The molecule has 0 radical (unpaired) electrons. The average molecular weight is 245 g/mol. The van der Waals surface area contributed by atoms with Crippen LogP contribution in [0.2, 0.25) is 0 Å². The Labute approximate surface area is 84.0 Å². The number of nitrogen functional groups attached to an aromatic ring is 1. The highest BCUT2D eigenvalue weighted by molar-refractivity contribution is 9.10. The second kappa shape index (κ2) is 3.33. The fourth-order valence-electron chi connectivity index (χ4n) is 1.22. The van der Waals surface area contributed by atoms with Gasteiger partial charge < -0.3 is 5.73 Å². The summed E-state index contributed by atoms with van der Waals surface area (Å²) in [5.41, 5.74) is 7.20. The minimum atomic E-state index is -0.463. The highest BCUT2D eigenvalue weighted by Gasteiger charge is 2.18. The van der Waals surface area contributed by atoms with Crippen molar-refractivity contribution in [1.82, 2.24) is 0 Å². The number of rotatable bonds is 1. The number of nitro groups is 1. The summed E-state index contributed by atoms with van der Waals surface area (Å²) in [6, 6.07) is 1.59. The van der Waals surface area contributed by atoms with Gasteiger partial charge in [0.05, 0.1) is 4.92 Å². The average Bonchev–Trinajstić information content (AvgIpc) is 1.99. The molecule has 0 amide bonds. The summed E-state index contributed by atoms with van der Waals surface area (Å²) in [7, 11) is 0. The van der Waals surface area contributed by atoms with Crippen LogP contribution in [-0.2, 0) is 0 Å². The number of hydrogen-bond donors (Lipinski definition) is 1. The van der Waals surface area contributed by atoms with Crippen LogP contribution in [0.25, 0.3) is 0 Å². The molecule has 0 heterocycles. The van der Waals surface area contributed by atoms with E-state index in [4.69, 9.17) is 5.73 Å². The number of nitrogens with two attached hydrogens (primary N) is 1. The molecule has 0 atom stereocenters. The molecule has 4 nitrogen and oxygen atoms in total. The van der Waals surface area contributed by atoms with Crippen molar-refractivity contribution in [3.05, 3.63) is 31.8 Å². The lowest BCUT2D eigenvalue weighted by Crippen LogP contribution is -2.00. The molecule has 0 aliphatic heterocycles. The van der Waals surface area contributed by atoms with Gasteiger partial charge in [0.15, 0.2) is 0 Å². The zero-order chi connectivity index (χ0) is 10.2. The molecule has 0 aliphatic rings. The third kappa shape index (κ3) is 1.65. The Morgan fingerprint density at radius 2 is 2.08 bits per heavy atom. The molecule has 5 heteroatoms. The van der Waals surface area contributed by atoms with Gasteiger partial charge in [-0.3, -0.25) is 10.1 Å². The van der Waals surface area contributed by atoms with Crippen LogP contribution in [0.5, 0.6) is 0 Å². The molecule has 13 heavy (non-hydrogen) atoms. The molecule has 2 N–H and O–H groups in total. The lowest BCUT2D eigenvalue weighted by molar-refractivity contribution is -0.384. The maximum atomic E-state index is 10.6. The van der Waals surface area contributed by atoms with Gasteiger partial charge in [-0.25, -0.2) is 0 Å². The molecule has 0 bridgehead atoms. The molecule has 0 unspecified atom stereocenters. The van der Waals surface area contributed by atoms with Gasteiger partial charge in [0.25, 0.3) is 5.69 Å². The minimum absolute atomic E-state index is 0.0162. The number of benzene rings is 1. The van der Waals surface area contributed by atoms with Crippen LogP contribution >= 0.6 is 15.9 Å². The summed E-state index contributed by atoms with van der Waals surface area (Å²) >= 11 is 3.27. The van der Waals surface area contributed by atoms with Gasteiger partial charge in [-0.05, 0) is 41.4 Å². The van der Waals surface area contributed by atoms with Crippen molar-refractivity contribution >= 4 is 27.3 Å². The van der Waals surface area contributed by atoms with Gasteiger partial charge in [0.2, 0.25) is 0 Å². The minimum Gasteiger partial charge on any atom is -0.393 e. The number of anilines is 1. The van der Waals surface area contributed by atoms with Gasteiger partial charge in [0, 0.05) is 10.0 Å². The van der Waals surface area contributed by atoms with E-state index in [0.29, 0.717) is 5.56 Å². The quantitative estimate of drug-likeness (QED) is 0.469. The molecule has 0 spiro atoms. The zero-order valence-electron chi connectivity index (χ0n) is 7.30. The lowest BCUT2D eigenvalue weighted by atomic mass is 10.1. The molecule has 1 aromatic rings. The monoisotopic (exact) mass is 244 g/mol. The summed E-state index contributed by atoms with van der Waals surface area (Å²) in [5.74, 6) is 0. The Morgan fingerprint density at radius 1 is 1.54 bits per heavy atom. The summed E-state index contributed by atoms with van der Waals surface area (Å²) < 4.78 is 0.744. The fourth-order valence-corrected chi connectivity index (χ4v) is 1.53. The van der Waals surface area contributed by atoms with Crippen molar-refractivity contribution in [2.45, 2.75) is 13.8 Å². The van der Waals surface area contributed by atoms with E-state index in [9.17, 15) is 10.1 Å². The topological polar surface area (TPSA) is 69.2 Å². The number of halogens is 1. The molecular formula is C8H9BrN2O2. The normalized spacial score (nSPS) is 10.1. The molecule has 0 aliphatic carbocycles. The van der Waals surface area contributed by atoms with Crippen LogP contribution in [0.4, 0.5) is 11.4 Å². The van der Waals surface area contributed by atoms with E-state index in [1.807, 2.05) is 6.92 Å². The van der Waals surface area contributed by atoms with E-state index in [1.165, 1.54) is 0 Å². The van der Waals surface area contributed by atoms with Gasteiger partial charge >= 0.3 is 0 Å². The van der Waals surface area contributed by atoms with E-state index in [2.05, 4.69) is 15.9 Å². The predicted octanol–water partition coefficient (Wildman–Crippen LogP) is 2.56. The molecule has 70 valence electrons. The Kier molecular flexibility index (Phi) is 2.56. The van der Waals surface area contributed by atoms with Crippen LogP contribution < -0.4 is 5.73 Å². The molecule has 1 aromatic carbocycles. The fraction of sp³-hybridized carbons (Fsp3) is 0.250. The second-order valence-corrected chi connectivity index (χ2v) is 3.62. The van der Waals surface area contributed by atoms with Crippen LogP contribution in [0.1, 0.15) is 11.1 Å². The largest absolute Gasteiger partial charge is 0.393 e. The van der Waals surface area contributed by atoms with Crippen LogP contribution in [0.3, 0.4) is 0 Å². The first-order valence-electron chi connectivity index (χ1n) is 3.64. The van der Waals surface area contributed by atoms with Crippen LogP contribution in [0, 0.1) is 24.0 Å². The van der Waals surface area contributed by atoms with Crippen molar-refractivity contribution in [2.75, 3.05) is 5.73 Å². The summed E-state index contributed by atoms with van der Waals surface area (Å²) in [6.45, 7) is 3.52. The van der Waals surface area contributed by atoms with E-state index in [1.54, 1.807) is 13.0 Å². The van der Waals surface area contributed by atoms with Crippen molar-refractivity contribution in [3.8, 4) is 0 Å². The van der Waals surface area contributed by atoms with E-state index >= 15 is 0 Å². The highest BCUT2D eigenvalue weighted by atomic mass is 79.9. The summed E-state index contributed by atoms with van der Waals surface area (Å²) in [5, 5.41) is 10.6. The molecular weight excluding hydrogens is 236 g/mol. The van der Waals surface area contributed by atoms with Crippen LogP contribution in [0.15, 0.2) is 10.5 Å². The smallest absolute Gasteiger partial charge is 0.296 e. The third-order valence-electron chi connectivity index (χ3n) is 1.86. The molecule has 0 saturated heterocycles. The number of hydrogen-bond acceptors (Lipinski definition) is 3. The summed E-state index contributed by atoms with van der Waals surface area (Å²) in [6.07, 6.45) is 0. The van der Waals surface area contributed by atoms with E-state index < -0.39 is 4.92 Å². The zero-order valence-corrected chi connectivity index (χ0v) is 8.88. The summed E-state index contributed by atoms with van der Waals surface area (Å²) in [4.78, 5) is 10.1. The molecule has 1 rings (SSSR count). The SMILES string of the molecule is Cc1cc(N)c([N+](=O)[O-])c(C)c1Br. The Balaban J connectivity index is 3.53. The van der Waals surface area contributed by atoms with Crippen molar-refractivity contribution in [2.24, 2.45) is 0 Å². The van der Waals surface area contributed by atoms with E-state index in [0.717, 1.165) is 10.0 Å². The molecule has 0 aromatic heterocycles. The van der Waals surface area contributed by atoms with Gasteiger partial charge in [-0.2, -0.15) is 0 Å². The molecule has 0 saturated carbocycles. The molecule has 0 fully saturated rings. The van der Waals surface area contributed by atoms with Gasteiger partial charge in [-0.15, -0.1) is 0 Å².